The lowest BCUT2D eigenvalue weighted by molar-refractivity contribution is -0.136. The van der Waals surface area contributed by atoms with Crippen molar-refractivity contribution in [1.29, 1.82) is 0 Å². The molecule has 1 aliphatic rings. The van der Waals surface area contributed by atoms with Crippen molar-refractivity contribution in [3.8, 4) is 22.8 Å². The Labute approximate surface area is 245 Å². The first kappa shape index (κ1) is 29.5. The standard InChI is InChI=1S/C28H29F2N9O4/c1-42-20-10-21(43-2)26(30)27(25(20)29)37-28-18(12-31-15-35-28)19-9-23(34-16-33-19)36-22-4-3-17(11-32-22)13-38-5-7-39(8-6-38)24(41)14-40/h3-4,9-12,15-16,40H,5-8,13-14H2,1-2H3,(H,31,35,37)(H,32,33,34,36). The molecule has 1 saturated heterocycles. The number of pyridine rings is 1. The number of aliphatic hydroxyl groups excluding tert-OH is 1. The summed E-state index contributed by atoms with van der Waals surface area (Å²) in [5, 5.41) is 14.9. The van der Waals surface area contributed by atoms with Gasteiger partial charge in [-0.05, 0) is 11.6 Å². The predicted molar refractivity (Wildman–Crippen MR) is 152 cm³/mol. The number of carbonyl (C=O) groups is 1. The summed E-state index contributed by atoms with van der Waals surface area (Å²) in [6.07, 6.45) is 5.79. The number of hydrogen-bond donors (Lipinski definition) is 3. The highest BCUT2D eigenvalue weighted by atomic mass is 19.1. The van der Waals surface area contributed by atoms with Crippen LogP contribution in [0.2, 0.25) is 0 Å². The Morgan fingerprint density at radius 3 is 2.30 bits per heavy atom. The molecule has 4 aromatic rings. The number of benzene rings is 1. The molecule has 43 heavy (non-hydrogen) atoms. The Balaban J connectivity index is 1.29. The molecule has 3 N–H and O–H groups in total. The third-order valence-corrected chi connectivity index (χ3v) is 6.82. The number of nitrogens with one attached hydrogen (secondary N) is 2. The SMILES string of the molecule is COc1cc(OC)c(F)c(Nc2ncncc2-c2cc(Nc3ccc(CN4CCN(C(=O)CO)CC4)cn3)ncn2)c1F. The van der Waals surface area contributed by atoms with Crippen LogP contribution in [0.15, 0.2) is 49.3 Å². The number of aromatic nitrogens is 5. The fourth-order valence-electron chi connectivity index (χ4n) is 4.54. The molecule has 4 heterocycles. The van der Waals surface area contributed by atoms with Gasteiger partial charge in [-0.25, -0.2) is 33.7 Å². The number of nitrogens with zero attached hydrogens (tertiary/aromatic N) is 7. The largest absolute Gasteiger partial charge is 0.493 e. The van der Waals surface area contributed by atoms with Crippen LogP contribution < -0.4 is 20.1 Å². The Kier molecular flexibility index (Phi) is 9.12. The van der Waals surface area contributed by atoms with Crippen LogP contribution in [0, 0.1) is 11.6 Å². The van der Waals surface area contributed by atoms with E-state index in [2.05, 4.69) is 40.5 Å². The number of aliphatic hydroxyl groups is 1. The Hall–Kier alpha value is -5.02. The van der Waals surface area contributed by atoms with Crippen molar-refractivity contribution >= 4 is 29.0 Å². The van der Waals surface area contributed by atoms with Crippen molar-refractivity contribution in [3.05, 3.63) is 66.5 Å². The molecular formula is C28H29F2N9O4. The lowest BCUT2D eigenvalue weighted by atomic mass is 10.2. The highest BCUT2D eigenvalue weighted by Gasteiger charge is 2.23. The first-order chi connectivity index (χ1) is 20.9. The van der Waals surface area contributed by atoms with E-state index in [1.54, 1.807) is 17.2 Å². The second-order valence-corrected chi connectivity index (χ2v) is 9.47. The molecule has 5 rings (SSSR count). The van der Waals surface area contributed by atoms with E-state index in [4.69, 9.17) is 14.6 Å². The summed E-state index contributed by atoms with van der Waals surface area (Å²) in [5.41, 5.74) is 1.24. The molecule has 3 aromatic heterocycles. The molecule has 15 heteroatoms. The Morgan fingerprint density at radius 1 is 0.907 bits per heavy atom. The van der Waals surface area contributed by atoms with E-state index in [1.807, 2.05) is 12.1 Å². The predicted octanol–water partition coefficient (Wildman–Crippen LogP) is 2.75. The molecule has 0 bridgehead atoms. The van der Waals surface area contributed by atoms with Crippen LogP contribution in [0.5, 0.6) is 11.5 Å². The van der Waals surface area contributed by atoms with Gasteiger partial charge in [-0.2, -0.15) is 0 Å². The van der Waals surface area contributed by atoms with Crippen molar-refractivity contribution in [1.82, 2.24) is 34.7 Å². The summed E-state index contributed by atoms with van der Waals surface area (Å²) < 4.78 is 40.0. The van der Waals surface area contributed by atoms with E-state index in [0.717, 1.165) is 11.6 Å². The van der Waals surface area contributed by atoms with Crippen molar-refractivity contribution < 1.29 is 28.2 Å². The van der Waals surface area contributed by atoms with Gasteiger partial charge < -0.3 is 30.1 Å². The number of piperazine rings is 1. The van der Waals surface area contributed by atoms with E-state index in [-0.39, 0.29) is 23.2 Å². The minimum Gasteiger partial charge on any atom is -0.493 e. The minimum absolute atomic E-state index is 0.0943. The summed E-state index contributed by atoms with van der Waals surface area (Å²) in [4.78, 5) is 36.8. The molecule has 1 amide bonds. The summed E-state index contributed by atoms with van der Waals surface area (Å²) in [5.74, 6) is -1.52. The summed E-state index contributed by atoms with van der Waals surface area (Å²) in [6, 6.07) is 6.51. The van der Waals surface area contributed by atoms with Gasteiger partial charge in [-0.15, -0.1) is 0 Å². The monoisotopic (exact) mass is 593 g/mol. The number of hydrogen-bond acceptors (Lipinski definition) is 12. The number of methoxy groups -OCH3 is 2. The Bertz CT molecular complexity index is 1560. The molecule has 13 nitrogen and oxygen atoms in total. The van der Waals surface area contributed by atoms with Crippen LogP contribution in [0.25, 0.3) is 11.3 Å². The highest BCUT2D eigenvalue weighted by molar-refractivity contribution is 5.78. The fourth-order valence-corrected chi connectivity index (χ4v) is 4.54. The van der Waals surface area contributed by atoms with Gasteiger partial charge in [0.15, 0.2) is 23.1 Å². The van der Waals surface area contributed by atoms with Crippen molar-refractivity contribution in [2.45, 2.75) is 6.54 Å². The Morgan fingerprint density at radius 2 is 1.65 bits per heavy atom. The third-order valence-electron chi connectivity index (χ3n) is 6.82. The number of anilines is 4. The first-order valence-corrected chi connectivity index (χ1v) is 13.2. The normalized spacial score (nSPS) is 13.5. The third kappa shape index (κ3) is 6.73. The highest BCUT2D eigenvalue weighted by Crippen LogP contribution is 2.37. The first-order valence-electron chi connectivity index (χ1n) is 13.2. The zero-order valence-electron chi connectivity index (χ0n) is 23.4. The van der Waals surface area contributed by atoms with Crippen LogP contribution in [0.4, 0.5) is 31.9 Å². The molecule has 0 aliphatic carbocycles. The van der Waals surface area contributed by atoms with Gasteiger partial charge in [0.1, 0.15) is 42.4 Å². The van der Waals surface area contributed by atoms with Crippen LogP contribution >= 0.6 is 0 Å². The molecule has 1 aliphatic heterocycles. The van der Waals surface area contributed by atoms with Crippen LogP contribution in [-0.4, -0.2) is 92.7 Å². The van der Waals surface area contributed by atoms with Gasteiger partial charge in [-0.3, -0.25) is 9.69 Å². The molecule has 0 atom stereocenters. The van der Waals surface area contributed by atoms with Gasteiger partial charge in [-0.1, -0.05) is 6.07 Å². The second kappa shape index (κ2) is 13.3. The molecule has 0 radical (unpaired) electrons. The van der Waals surface area contributed by atoms with Gasteiger partial charge >= 0.3 is 0 Å². The van der Waals surface area contributed by atoms with E-state index in [9.17, 15) is 13.6 Å². The van der Waals surface area contributed by atoms with E-state index < -0.39 is 23.9 Å². The molecule has 1 aromatic carbocycles. The lowest BCUT2D eigenvalue weighted by Crippen LogP contribution is -2.49. The molecule has 224 valence electrons. The zero-order chi connectivity index (χ0) is 30.3. The number of amides is 1. The average Bonchev–Trinajstić information content (AvgIpc) is 3.04. The molecule has 0 spiro atoms. The molecule has 1 fully saturated rings. The van der Waals surface area contributed by atoms with Crippen molar-refractivity contribution in [2.24, 2.45) is 0 Å². The summed E-state index contributed by atoms with van der Waals surface area (Å²) in [6.45, 7) is 2.77. The van der Waals surface area contributed by atoms with Gasteiger partial charge in [0.2, 0.25) is 5.91 Å². The van der Waals surface area contributed by atoms with Crippen molar-refractivity contribution in [2.75, 3.05) is 57.6 Å². The number of rotatable bonds is 10. The summed E-state index contributed by atoms with van der Waals surface area (Å²) >= 11 is 0. The lowest BCUT2D eigenvalue weighted by Gasteiger charge is -2.34. The van der Waals surface area contributed by atoms with Crippen LogP contribution in [0.3, 0.4) is 0 Å². The van der Waals surface area contributed by atoms with Gasteiger partial charge in [0.05, 0.1) is 25.5 Å². The van der Waals surface area contributed by atoms with Gasteiger partial charge in [0.25, 0.3) is 0 Å². The quantitative estimate of drug-likeness (QED) is 0.248. The van der Waals surface area contributed by atoms with Crippen molar-refractivity contribution in [3.63, 3.8) is 0 Å². The molecule has 0 saturated carbocycles. The number of halogens is 2. The van der Waals surface area contributed by atoms with Crippen LogP contribution in [0.1, 0.15) is 5.56 Å². The van der Waals surface area contributed by atoms with Gasteiger partial charge in [0, 0.05) is 57.3 Å². The smallest absolute Gasteiger partial charge is 0.248 e. The zero-order valence-corrected chi connectivity index (χ0v) is 23.4. The maximum Gasteiger partial charge on any atom is 0.248 e. The maximum atomic E-state index is 15.0. The summed E-state index contributed by atoms with van der Waals surface area (Å²) in [7, 11) is 2.53. The van der Waals surface area contributed by atoms with Crippen LogP contribution in [-0.2, 0) is 11.3 Å². The fraction of sp³-hybridized carbons (Fsp3) is 0.286. The molecule has 0 unspecified atom stereocenters. The number of ether oxygens (including phenoxy) is 2. The van der Waals surface area contributed by atoms with E-state index >= 15 is 0 Å². The van der Waals surface area contributed by atoms with E-state index in [1.165, 1.54) is 33.1 Å². The molecular weight excluding hydrogens is 564 g/mol. The van der Waals surface area contributed by atoms with E-state index in [0.29, 0.717) is 55.6 Å². The topological polar surface area (TPSA) is 151 Å². The number of carbonyl (C=O) groups excluding carboxylic acids is 1. The average molecular weight is 594 g/mol. The second-order valence-electron chi connectivity index (χ2n) is 9.47. The minimum atomic E-state index is -0.955. The maximum absolute atomic E-state index is 15.0.